The molecule has 0 aromatic carbocycles. The number of rotatable bonds is 7. The molecule has 0 unspecified atom stereocenters. The molecule has 0 saturated carbocycles. The predicted octanol–water partition coefficient (Wildman–Crippen LogP) is 1.29. The minimum Gasteiger partial charge on any atom is -0.387 e. The Morgan fingerprint density at radius 2 is 2.21 bits per heavy atom. The van der Waals surface area contributed by atoms with Crippen LogP contribution in [0.15, 0.2) is 18.5 Å². The number of nitrogens with zero attached hydrogens (tertiary/aromatic N) is 2. The molecule has 1 aromatic heterocycles. The topological polar surface area (TPSA) is 82.5 Å². The van der Waals surface area contributed by atoms with E-state index >= 15 is 0 Å². The van der Waals surface area contributed by atoms with E-state index in [1.54, 1.807) is 0 Å². The van der Waals surface area contributed by atoms with Crippen LogP contribution in [-0.4, -0.2) is 54.2 Å². The van der Waals surface area contributed by atoms with Crippen molar-refractivity contribution in [1.82, 2.24) is 14.6 Å². The minimum atomic E-state index is -3.13. The molecular weight excluding hydrogens is 333 g/mol. The van der Waals surface area contributed by atoms with Crippen LogP contribution in [0.3, 0.4) is 0 Å². The summed E-state index contributed by atoms with van der Waals surface area (Å²) in [6, 6.07) is 1.27. The molecule has 1 saturated heterocycles. The summed E-state index contributed by atoms with van der Waals surface area (Å²) in [4.78, 5) is 3.74. The molecule has 0 aliphatic carbocycles. The van der Waals surface area contributed by atoms with Crippen molar-refractivity contribution in [3.63, 3.8) is 0 Å². The van der Waals surface area contributed by atoms with Crippen LogP contribution in [0.1, 0.15) is 38.4 Å². The Balaban J connectivity index is 1.85. The van der Waals surface area contributed by atoms with E-state index < -0.39 is 21.9 Å². The number of halogens is 1. The Labute approximate surface area is 143 Å². The number of sulfonamides is 1. The van der Waals surface area contributed by atoms with Crippen LogP contribution in [0.5, 0.6) is 0 Å². The molecule has 1 fully saturated rings. The minimum absolute atomic E-state index is 0.264. The second kappa shape index (κ2) is 7.43. The van der Waals surface area contributed by atoms with Crippen molar-refractivity contribution in [2.45, 2.75) is 38.3 Å². The van der Waals surface area contributed by atoms with Gasteiger partial charge in [0.1, 0.15) is 5.82 Å². The third-order valence-electron chi connectivity index (χ3n) is 4.40. The van der Waals surface area contributed by atoms with Gasteiger partial charge in [-0.25, -0.2) is 17.1 Å². The lowest BCUT2D eigenvalue weighted by atomic mass is 9.89. The number of aromatic nitrogens is 1. The Kier molecular flexibility index (Phi) is 5.95. The predicted molar refractivity (Wildman–Crippen MR) is 90.4 cm³/mol. The van der Waals surface area contributed by atoms with Gasteiger partial charge in [-0.05, 0) is 38.7 Å². The Hall–Kier alpha value is -1.09. The van der Waals surface area contributed by atoms with E-state index in [2.05, 4.69) is 10.3 Å². The van der Waals surface area contributed by atoms with Crippen LogP contribution in [0, 0.1) is 11.7 Å². The lowest BCUT2D eigenvalue weighted by Gasteiger charge is -2.30. The molecule has 136 valence electrons. The lowest BCUT2D eigenvalue weighted by Crippen LogP contribution is -2.43. The fourth-order valence-corrected chi connectivity index (χ4v) is 4.08. The molecule has 8 heteroatoms. The van der Waals surface area contributed by atoms with Gasteiger partial charge < -0.3 is 10.4 Å². The summed E-state index contributed by atoms with van der Waals surface area (Å²) in [7, 11) is -3.13. The van der Waals surface area contributed by atoms with E-state index in [1.807, 2.05) is 13.8 Å². The van der Waals surface area contributed by atoms with Crippen molar-refractivity contribution < 1.29 is 17.9 Å². The first-order chi connectivity index (χ1) is 11.1. The van der Waals surface area contributed by atoms with Gasteiger partial charge in [0, 0.05) is 36.9 Å². The van der Waals surface area contributed by atoms with Crippen molar-refractivity contribution in [2.24, 2.45) is 5.92 Å². The molecule has 2 N–H and O–H groups in total. The van der Waals surface area contributed by atoms with Gasteiger partial charge in [-0.3, -0.25) is 4.98 Å². The van der Waals surface area contributed by atoms with Crippen molar-refractivity contribution in [3.8, 4) is 0 Å². The van der Waals surface area contributed by atoms with Gasteiger partial charge in [0.2, 0.25) is 10.0 Å². The third-order valence-corrected chi connectivity index (χ3v) is 5.67. The number of β-amino-alcohol motifs (C(OH)–C–C–N with tert-alkyl or cyclic N) is 1. The summed E-state index contributed by atoms with van der Waals surface area (Å²) >= 11 is 0. The zero-order chi connectivity index (χ0) is 18.0. The number of aliphatic hydroxyl groups is 1. The Bertz CT molecular complexity index is 666. The van der Waals surface area contributed by atoms with Gasteiger partial charge in [0.05, 0.1) is 18.6 Å². The maximum absolute atomic E-state index is 13.2. The van der Waals surface area contributed by atoms with E-state index in [1.165, 1.54) is 22.8 Å². The SMILES string of the molecule is CC(C)(C[C@H]1CCN(S(C)(=O)=O)C1)NC[C@H](O)c1cncc(F)c1. The molecule has 2 atom stereocenters. The van der Waals surface area contributed by atoms with E-state index in [9.17, 15) is 17.9 Å². The molecular formula is C16H26FN3O3S. The normalized spacial score (nSPS) is 21.1. The molecule has 0 radical (unpaired) electrons. The molecule has 2 heterocycles. The van der Waals surface area contributed by atoms with Crippen LogP contribution in [-0.2, 0) is 10.0 Å². The molecule has 2 rings (SSSR count). The van der Waals surface area contributed by atoms with Gasteiger partial charge >= 0.3 is 0 Å². The average Bonchev–Trinajstić information content (AvgIpc) is 2.92. The van der Waals surface area contributed by atoms with Crippen LogP contribution >= 0.6 is 0 Å². The second-order valence-electron chi connectivity index (χ2n) is 7.20. The quantitative estimate of drug-likeness (QED) is 0.767. The monoisotopic (exact) mass is 359 g/mol. The fraction of sp³-hybridized carbons (Fsp3) is 0.688. The van der Waals surface area contributed by atoms with E-state index in [0.29, 0.717) is 18.7 Å². The molecule has 0 spiro atoms. The average molecular weight is 359 g/mol. The maximum Gasteiger partial charge on any atom is 0.211 e. The first-order valence-electron chi connectivity index (χ1n) is 8.05. The highest BCUT2D eigenvalue weighted by Crippen LogP contribution is 2.27. The van der Waals surface area contributed by atoms with Gasteiger partial charge in [0.25, 0.3) is 0 Å². The molecule has 1 aliphatic heterocycles. The standard InChI is InChI=1S/C16H26FN3O3S/c1-16(2,7-12-4-5-20(11-12)24(3,22)23)19-10-15(21)13-6-14(17)9-18-8-13/h6,8-9,12,15,19,21H,4-5,7,10-11H2,1-3H3/t12-,15+/m1/s1. The highest BCUT2D eigenvalue weighted by Gasteiger charge is 2.32. The highest BCUT2D eigenvalue weighted by molar-refractivity contribution is 7.88. The number of hydrogen-bond acceptors (Lipinski definition) is 5. The van der Waals surface area contributed by atoms with Gasteiger partial charge in [-0.2, -0.15) is 0 Å². The van der Waals surface area contributed by atoms with Gasteiger partial charge in [-0.1, -0.05) is 0 Å². The molecule has 1 aliphatic rings. The van der Waals surface area contributed by atoms with Crippen LogP contribution in [0.4, 0.5) is 4.39 Å². The molecule has 1 aromatic rings. The Morgan fingerprint density at radius 1 is 1.50 bits per heavy atom. The van der Waals surface area contributed by atoms with Crippen molar-refractivity contribution in [1.29, 1.82) is 0 Å². The van der Waals surface area contributed by atoms with Crippen LogP contribution in [0.2, 0.25) is 0 Å². The number of aliphatic hydroxyl groups excluding tert-OH is 1. The zero-order valence-electron chi connectivity index (χ0n) is 14.4. The summed E-state index contributed by atoms with van der Waals surface area (Å²) in [6.45, 7) is 5.43. The summed E-state index contributed by atoms with van der Waals surface area (Å²) < 4.78 is 37.8. The van der Waals surface area contributed by atoms with Crippen molar-refractivity contribution in [2.75, 3.05) is 25.9 Å². The maximum atomic E-state index is 13.2. The van der Waals surface area contributed by atoms with Crippen LogP contribution < -0.4 is 5.32 Å². The van der Waals surface area contributed by atoms with Gasteiger partial charge in [-0.15, -0.1) is 0 Å². The number of nitrogens with one attached hydrogen (secondary N) is 1. The largest absolute Gasteiger partial charge is 0.387 e. The highest BCUT2D eigenvalue weighted by atomic mass is 32.2. The summed E-state index contributed by atoms with van der Waals surface area (Å²) in [6.07, 6.45) is 4.58. The van der Waals surface area contributed by atoms with E-state index in [4.69, 9.17) is 0 Å². The summed E-state index contributed by atoms with van der Waals surface area (Å²) in [5, 5.41) is 13.5. The van der Waals surface area contributed by atoms with Crippen LogP contribution in [0.25, 0.3) is 0 Å². The molecule has 0 amide bonds. The summed E-state index contributed by atoms with van der Waals surface area (Å²) in [5.74, 6) is -0.187. The summed E-state index contributed by atoms with van der Waals surface area (Å²) in [5.41, 5.74) is 0.169. The first-order valence-corrected chi connectivity index (χ1v) is 9.90. The number of pyridine rings is 1. The third kappa shape index (κ3) is 5.47. The van der Waals surface area contributed by atoms with Crippen molar-refractivity contribution in [3.05, 3.63) is 29.8 Å². The zero-order valence-corrected chi connectivity index (χ0v) is 15.2. The van der Waals surface area contributed by atoms with Crippen molar-refractivity contribution >= 4 is 10.0 Å². The fourth-order valence-electron chi connectivity index (χ4n) is 3.16. The first kappa shape index (κ1) is 19.2. The molecule has 0 bridgehead atoms. The Morgan fingerprint density at radius 3 is 2.79 bits per heavy atom. The smallest absolute Gasteiger partial charge is 0.211 e. The van der Waals surface area contributed by atoms with Gasteiger partial charge in [0.15, 0.2) is 0 Å². The lowest BCUT2D eigenvalue weighted by molar-refractivity contribution is 0.154. The second-order valence-corrected chi connectivity index (χ2v) is 9.18. The van der Waals surface area contributed by atoms with E-state index in [-0.39, 0.29) is 18.0 Å². The van der Waals surface area contributed by atoms with E-state index in [0.717, 1.165) is 19.0 Å². The molecule has 24 heavy (non-hydrogen) atoms. The molecule has 6 nitrogen and oxygen atoms in total. The number of hydrogen-bond donors (Lipinski definition) is 2.